The second-order valence-electron chi connectivity index (χ2n) is 5.91. The third kappa shape index (κ3) is 3.14. The monoisotopic (exact) mass is 344 g/mol. The largest absolute Gasteiger partial charge is 0.324 e. The van der Waals surface area contributed by atoms with Crippen LogP contribution in [0.25, 0.3) is 22.2 Å². The number of fused-ring (bicyclic) bond motifs is 1. The Morgan fingerprint density at radius 3 is 2.73 bits per heavy atom. The minimum absolute atomic E-state index is 0.0132. The highest BCUT2D eigenvalue weighted by molar-refractivity contribution is 6.03. The van der Waals surface area contributed by atoms with Crippen molar-refractivity contribution in [1.29, 1.82) is 0 Å². The van der Waals surface area contributed by atoms with Gasteiger partial charge in [0.05, 0.1) is 5.69 Å². The van der Waals surface area contributed by atoms with E-state index in [-0.39, 0.29) is 12.5 Å². The number of anilines is 1. The molecule has 0 atom stereocenters. The zero-order chi connectivity index (χ0) is 17.9. The van der Waals surface area contributed by atoms with Crippen LogP contribution in [0.15, 0.2) is 60.9 Å². The number of carbonyl (C=O) groups is 1. The first-order valence-electron chi connectivity index (χ1n) is 8.17. The fourth-order valence-electron chi connectivity index (χ4n) is 2.78. The predicted molar refractivity (Wildman–Crippen MR) is 98.4 cm³/mol. The number of rotatable bonds is 4. The number of tetrazole rings is 1. The second kappa shape index (κ2) is 6.72. The zero-order valence-corrected chi connectivity index (χ0v) is 14.1. The van der Waals surface area contributed by atoms with Crippen LogP contribution in [0.1, 0.15) is 5.56 Å². The third-order valence-electron chi connectivity index (χ3n) is 4.08. The molecule has 0 aliphatic carbocycles. The molecule has 1 N–H and O–H groups in total. The number of amides is 1. The molecule has 26 heavy (non-hydrogen) atoms. The first kappa shape index (κ1) is 15.9. The number of benzene rings is 2. The molecule has 2 heterocycles. The molecule has 4 rings (SSSR count). The predicted octanol–water partition coefficient (Wildman–Crippen LogP) is 2.84. The number of pyridine rings is 1. The van der Waals surface area contributed by atoms with E-state index in [2.05, 4.69) is 25.7 Å². The van der Waals surface area contributed by atoms with Gasteiger partial charge in [-0.15, -0.1) is 10.2 Å². The minimum Gasteiger partial charge on any atom is -0.324 e. The van der Waals surface area contributed by atoms with Crippen molar-refractivity contribution in [1.82, 2.24) is 25.2 Å². The van der Waals surface area contributed by atoms with E-state index in [1.54, 1.807) is 24.5 Å². The van der Waals surface area contributed by atoms with Gasteiger partial charge in [0.1, 0.15) is 6.54 Å². The molecule has 2 aromatic carbocycles. The number of carbonyl (C=O) groups excluding carboxylic acids is 1. The van der Waals surface area contributed by atoms with E-state index < -0.39 is 0 Å². The summed E-state index contributed by atoms with van der Waals surface area (Å²) in [6.45, 7) is 1.96. The van der Waals surface area contributed by atoms with Crippen molar-refractivity contribution >= 4 is 22.4 Å². The summed E-state index contributed by atoms with van der Waals surface area (Å²) < 4.78 is 0. The molecule has 0 radical (unpaired) electrons. The normalized spacial score (nSPS) is 10.8. The van der Waals surface area contributed by atoms with Crippen LogP contribution in [0, 0.1) is 6.92 Å². The van der Waals surface area contributed by atoms with Gasteiger partial charge in [-0.05, 0) is 35.2 Å². The molecule has 7 heteroatoms. The zero-order valence-electron chi connectivity index (χ0n) is 14.1. The van der Waals surface area contributed by atoms with E-state index in [1.807, 2.05) is 43.3 Å². The van der Waals surface area contributed by atoms with E-state index in [0.29, 0.717) is 5.82 Å². The molecule has 0 saturated heterocycles. The maximum atomic E-state index is 12.5. The molecule has 0 unspecified atom stereocenters. The molecule has 128 valence electrons. The van der Waals surface area contributed by atoms with Crippen LogP contribution >= 0.6 is 0 Å². The number of nitrogens with one attached hydrogen (secondary N) is 1. The maximum absolute atomic E-state index is 12.5. The van der Waals surface area contributed by atoms with Crippen LogP contribution in [-0.2, 0) is 11.3 Å². The number of nitrogens with zero attached hydrogens (tertiary/aromatic N) is 5. The summed E-state index contributed by atoms with van der Waals surface area (Å²) in [6.07, 6.45) is 3.32. The van der Waals surface area contributed by atoms with E-state index >= 15 is 0 Å². The van der Waals surface area contributed by atoms with Crippen molar-refractivity contribution in [3.63, 3.8) is 0 Å². The minimum atomic E-state index is -0.205. The summed E-state index contributed by atoms with van der Waals surface area (Å²) in [6, 6.07) is 15.6. The van der Waals surface area contributed by atoms with Gasteiger partial charge in [0, 0.05) is 23.3 Å². The number of hydrogen-bond acceptors (Lipinski definition) is 5. The standard InChI is InChI=1S/C19H16N6O/c1-13-6-7-14-4-2-3-5-16(14)18(13)21-17(26)12-25-23-19(22-24-25)15-8-10-20-11-9-15/h2-11H,12H2,1H3,(H,21,26). The van der Waals surface area contributed by atoms with Crippen LogP contribution in [-0.4, -0.2) is 31.1 Å². The van der Waals surface area contributed by atoms with Crippen molar-refractivity contribution in [2.45, 2.75) is 13.5 Å². The topological polar surface area (TPSA) is 85.6 Å². The van der Waals surface area contributed by atoms with Gasteiger partial charge in [0.15, 0.2) is 0 Å². The van der Waals surface area contributed by atoms with Crippen molar-refractivity contribution in [2.75, 3.05) is 5.32 Å². The summed E-state index contributed by atoms with van der Waals surface area (Å²) in [5.41, 5.74) is 2.61. The molecule has 7 nitrogen and oxygen atoms in total. The van der Waals surface area contributed by atoms with Crippen molar-refractivity contribution in [3.05, 3.63) is 66.5 Å². The average molecular weight is 344 g/mol. The van der Waals surface area contributed by atoms with Gasteiger partial charge in [-0.3, -0.25) is 9.78 Å². The lowest BCUT2D eigenvalue weighted by atomic mass is 10.0. The quantitative estimate of drug-likeness (QED) is 0.615. The van der Waals surface area contributed by atoms with Crippen LogP contribution in [0.5, 0.6) is 0 Å². The highest BCUT2D eigenvalue weighted by atomic mass is 16.2. The molecule has 0 fully saturated rings. The molecule has 0 spiro atoms. The van der Waals surface area contributed by atoms with Gasteiger partial charge < -0.3 is 5.32 Å². The summed E-state index contributed by atoms with van der Waals surface area (Å²) in [5.74, 6) is 0.254. The Morgan fingerprint density at radius 1 is 1.08 bits per heavy atom. The summed E-state index contributed by atoms with van der Waals surface area (Å²) in [5, 5.41) is 17.2. The number of aryl methyl sites for hydroxylation is 1. The molecule has 0 saturated carbocycles. The lowest BCUT2D eigenvalue weighted by Gasteiger charge is -2.11. The van der Waals surface area contributed by atoms with E-state index in [0.717, 1.165) is 27.6 Å². The summed E-state index contributed by atoms with van der Waals surface area (Å²) >= 11 is 0. The Bertz CT molecular complexity index is 1070. The Labute approximate surface area is 149 Å². The van der Waals surface area contributed by atoms with Crippen molar-refractivity contribution in [2.24, 2.45) is 0 Å². The Kier molecular flexibility index (Phi) is 4.10. The second-order valence-corrected chi connectivity index (χ2v) is 5.91. The number of aromatic nitrogens is 5. The lowest BCUT2D eigenvalue weighted by molar-refractivity contribution is -0.117. The fourth-order valence-corrected chi connectivity index (χ4v) is 2.78. The van der Waals surface area contributed by atoms with E-state index in [4.69, 9.17) is 0 Å². The SMILES string of the molecule is Cc1ccc2ccccc2c1NC(=O)Cn1nnc(-c2ccncc2)n1. The molecular formula is C19H16N6O. The van der Waals surface area contributed by atoms with Gasteiger partial charge in [-0.25, -0.2) is 0 Å². The Balaban J connectivity index is 1.54. The molecule has 0 aliphatic rings. The smallest absolute Gasteiger partial charge is 0.248 e. The highest BCUT2D eigenvalue weighted by Gasteiger charge is 2.12. The first-order chi connectivity index (χ1) is 12.7. The fraction of sp³-hybridized carbons (Fsp3) is 0.105. The summed E-state index contributed by atoms with van der Waals surface area (Å²) in [7, 11) is 0. The summed E-state index contributed by atoms with van der Waals surface area (Å²) in [4.78, 5) is 17.7. The molecule has 0 bridgehead atoms. The molecule has 0 aliphatic heterocycles. The van der Waals surface area contributed by atoms with E-state index in [9.17, 15) is 4.79 Å². The average Bonchev–Trinajstić information content (AvgIpc) is 3.13. The van der Waals surface area contributed by atoms with Crippen LogP contribution in [0.3, 0.4) is 0 Å². The molecular weight excluding hydrogens is 328 g/mol. The van der Waals surface area contributed by atoms with Crippen molar-refractivity contribution < 1.29 is 4.79 Å². The Morgan fingerprint density at radius 2 is 1.88 bits per heavy atom. The van der Waals surface area contributed by atoms with Gasteiger partial charge >= 0.3 is 0 Å². The first-order valence-corrected chi connectivity index (χ1v) is 8.17. The van der Waals surface area contributed by atoms with E-state index in [1.165, 1.54) is 4.80 Å². The van der Waals surface area contributed by atoms with Crippen LogP contribution in [0.2, 0.25) is 0 Å². The highest BCUT2D eigenvalue weighted by Crippen LogP contribution is 2.27. The third-order valence-corrected chi connectivity index (χ3v) is 4.08. The number of hydrogen-bond donors (Lipinski definition) is 1. The van der Waals surface area contributed by atoms with Gasteiger partial charge in [-0.1, -0.05) is 36.4 Å². The van der Waals surface area contributed by atoms with Crippen molar-refractivity contribution in [3.8, 4) is 11.4 Å². The lowest BCUT2D eigenvalue weighted by Crippen LogP contribution is -2.21. The van der Waals surface area contributed by atoms with Crippen LogP contribution in [0.4, 0.5) is 5.69 Å². The molecule has 1 amide bonds. The van der Waals surface area contributed by atoms with Gasteiger partial charge in [0.2, 0.25) is 11.7 Å². The van der Waals surface area contributed by atoms with Gasteiger partial charge in [-0.2, -0.15) is 4.80 Å². The van der Waals surface area contributed by atoms with Crippen LogP contribution < -0.4 is 5.32 Å². The van der Waals surface area contributed by atoms with Gasteiger partial charge in [0.25, 0.3) is 0 Å². The molecule has 4 aromatic rings. The maximum Gasteiger partial charge on any atom is 0.248 e. The molecule has 2 aromatic heterocycles. The Hall–Kier alpha value is -3.61.